The first-order valence-corrected chi connectivity index (χ1v) is 8.32. The summed E-state index contributed by atoms with van der Waals surface area (Å²) in [5.74, 6) is 0.841. The van der Waals surface area contributed by atoms with Gasteiger partial charge in [0.2, 0.25) is 0 Å². The first-order chi connectivity index (χ1) is 10.7. The van der Waals surface area contributed by atoms with Gasteiger partial charge in [-0.15, -0.1) is 11.8 Å². The van der Waals surface area contributed by atoms with Crippen molar-refractivity contribution >= 4 is 17.5 Å². The third kappa shape index (κ3) is 4.88. The SMILES string of the molecule is CCCC(=O)c1ccc(SCCOc2ccccc2F)cc1. The second kappa shape index (κ2) is 8.59. The Morgan fingerprint density at radius 1 is 1.14 bits per heavy atom. The number of Topliss-reactive ketones (excluding diaryl/α,β-unsaturated/α-hetero) is 1. The molecule has 0 fully saturated rings. The summed E-state index contributed by atoms with van der Waals surface area (Å²) < 4.78 is 18.8. The molecule has 0 radical (unpaired) electrons. The summed E-state index contributed by atoms with van der Waals surface area (Å²) in [7, 11) is 0. The predicted octanol–water partition coefficient (Wildman–Crippen LogP) is 4.98. The third-order valence-corrected chi connectivity index (χ3v) is 4.08. The van der Waals surface area contributed by atoms with Crippen molar-refractivity contribution in [3.8, 4) is 5.75 Å². The van der Waals surface area contributed by atoms with E-state index in [1.54, 1.807) is 30.0 Å². The Morgan fingerprint density at radius 2 is 1.86 bits per heavy atom. The molecule has 0 unspecified atom stereocenters. The lowest BCUT2D eigenvalue weighted by atomic mass is 10.1. The molecule has 4 heteroatoms. The summed E-state index contributed by atoms with van der Waals surface area (Å²) in [4.78, 5) is 12.8. The maximum Gasteiger partial charge on any atom is 0.165 e. The molecule has 0 saturated heterocycles. The van der Waals surface area contributed by atoms with Gasteiger partial charge in [0.25, 0.3) is 0 Å². The van der Waals surface area contributed by atoms with Crippen molar-refractivity contribution in [1.29, 1.82) is 0 Å². The Kier molecular flexibility index (Phi) is 6.46. The average molecular weight is 318 g/mol. The predicted molar refractivity (Wildman–Crippen MR) is 88.3 cm³/mol. The number of hydrogen-bond acceptors (Lipinski definition) is 3. The zero-order valence-corrected chi connectivity index (χ0v) is 13.4. The van der Waals surface area contributed by atoms with Crippen molar-refractivity contribution in [2.75, 3.05) is 12.4 Å². The van der Waals surface area contributed by atoms with E-state index in [0.29, 0.717) is 13.0 Å². The Bertz CT molecular complexity index is 611. The minimum atomic E-state index is -0.341. The fourth-order valence-corrected chi connectivity index (χ4v) is 2.71. The van der Waals surface area contributed by atoms with Gasteiger partial charge in [-0.05, 0) is 30.7 Å². The zero-order chi connectivity index (χ0) is 15.8. The van der Waals surface area contributed by atoms with E-state index in [2.05, 4.69) is 0 Å². The van der Waals surface area contributed by atoms with Crippen molar-refractivity contribution in [3.05, 3.63) is 59.9 Å². The minimum Gasteiger partial charge on any atom is -0.490 e. The standard InChI is InChI=1S/C18H19FO2S/c1-2-5-17(20)14-8-10-15(11-9-14)22-13-12-21-18-7-4-3-6-16(18)19/h3-4,6-11H,2,5,12-13H2,1H3. The van der Waals surface area contributed by atoms with Gasteiger partial charge in [-0.1, -0.05) is 31.2 Å². The second-order valence-electron chi connectivity index (χ2n) is 4.82. The van der Waals surface area contributed by atoms with Crippen LogP contribution in [0, 0.1) is 5.82 Å². The van der Waals surface area contributed by atoms with Crippen LogP contribution >= 0.6 is 11.8 Å². The number of halogens is 1. The number of rotatable bonds is 8. The van der Waals surface area contributed by atoms with Gasteiger partial charge >= 0.3 is 0 Å². The number of ketones is 1. The van der Waals surface area contributed by atoms with Crippen molar-refractivity contribution < 1.29 is 13.9 Å². The molecule has 0 aliphatic rings. The number of ether oxygens (including phenoxy) is 1. The second-order valence-corrected chi connectivity index (χ2v) is 5.99. The van der Waals surface area contributed by atoms with Gasteiger partial charge in [0, 0.05) is 22.6 Å². The van der Waals surface area contributed by atoms with Gasteiger partial charge in [-0.2, -0.15) is 0 Å². The molecule has 0 heterocycles. The summed E-state index contributed by atoms with van der Waals surface area (Å²) in [5.41, 5.74) is 0.758. The lowest BCUT2D eigenvalue weighted by molar-refractivity contribution is 0.0981. The third-order valence-electron chi connectivity index (χ3n) is 3.10. The molecule has 0 aliphatic carbocycles. The van der Waals surface area contributed by atoms with Gasteiger partial charge in [0.15, 0.2) is 17.3 Å². The van der Waals surface area contributed by atoms with E-state index in [0.717, 1.165) is 22.6 Å². The summed E-state index contributed by atoms with van der Waals surface area (Å²) >= 11 is 1.62. The molecule has 0 saturated carbocycles. The van der Waals surface area contributed by atoms with Crippen LogP contribution in [0.4, 0.5) is 4.39 Å². The van der Waals surface area contributed by atoms with Crippen molar-refractivity contribution in [3.63, 3.8) is 0 Å². The van der Waals surface area contributed by atoms with Crippen molar-refractivity contribution in [2.24, 2.45) is 0 Å². The Morgan fingerprint density at radius 3 is 2.55 bits per heavy atom. The van der Waals surface area contributed by atoms with Crippen molar-refractivity contribution in [1.82, 2.24) is 0 Å². The number of carbonyl (C=O) groups excluding carboxylic acids is 1. The molecule has 2 rings (SSSR count). The van der Waals surface area contributed by atoms with E-state index >= 15 is 0 Å². The highest BCUT2D eigenvalue weighted by molar-refractivity contribution is 7.99. The highest BCUT2D eigenvalue weighted by Gasteiger charge is 2.05. The number of benzene rings is 2. The van der Waals surface area contributed by atoms with Crippen molar-refractivity contribution in [2.45, 2.75) is 24.7 Å². The van der Waals surface area contributed by atoms with Gasteiger partial charge in [0.1, 0.15) is 0 Å². The van der Waals surface area contributed by atoms with Crippen LogP contribution in [0.3, 0.4) is 0 Å². The molecular weight excluding hydrogens is 299 g/mol. The first kappa shape index (κ1) is 16.6. The van der Waals surface area contributed by atoms with Gasteiger partial charge in [-0.25, -0.2) is 4.39 Å². The Labute approximate surface area is 134 Å². The molecule has 0 amide bonds. The number of thioether (sulfide) groups is 1. The maximum atomic E-state index is 13.4. The van der Waals surface area contributed by atoms with E-state index in [1.165, 1.54) is 6.07 Å². The largest absolute Gasteiger partial charge is 0.490 e. The molecule has 2 aromatic rings. The molecule has 0 aliphatic heterocycles. The fourth-order valence-electron chi connectivity index (χ4n) is 1.98. The minimum absolute atomic E-state index is 0.182. The normalized spacial score (nSPS) is 10.5. The maximum absolute atomic E-state index is 13.4. The number of para-hydroxylation sites is 1. The molecule has 116 valence electrons. The molecule has 0 bridgehead atoms. The topological polar surface area (TPSA) is 26.3 Å². The molecule has 2 aromatic carbocycles. The van der Waals surface area contributed by atoms with E-state index in [9.17, 15) is 9.18 Å². The van der Waals surface area contributed by atoms with Gasteiger partial charge in [0.05, 0.1) is 6.61 Å². The average Bonchev–Trinajstić information content (AvgIpc) is 2.54. The summed E-state index contributed by atoms with van der Waals surface area (Å²) in [6.45, 7) is 2.43. The fraction of sp³-hybridized carbons (Fsp3) is 0.278. The van der Waals surface area contributed by atoms with Crippen LogP contribution in [0.15, 0.2) is 53.4 Å². The van der Waals surface area contributed by atoms with Crippen LogP contribution < -0.4 is 4.74 Å². The van der Waals surface area contributed by atoms with E-state index < -0.39 is 0 Å². The van der Waals surface area contributed by atoms with E-state index in [1.807, 2.05) is 31.2 Å². The molecule has 0 spiro atoms. The first-order valence-electron chi connectivity index (χ1n) is 7.34. The summed E-state index contributed by atoms with van der Waals surface area (Å²) in [6.07, 6.45) is 1.45. The van der Waals surface area contributed by atoms with Crippen LogP contribution in [0.2, 0.25) is 0 Å². The Hall–Kier alpha value is -1.81. The van der Waals surface area contributed by atoms with Gasteiger partial charge < -0.3 is 4.74 Å². The molecule has 22 heavy (non-hydrogen) atoms. The summed E-state index contributed by atoms with van der Waals surface area (Å²) in [6, 6.07) is 14.0. The smallest absolute Gasteiger partial charge is 0.165 e. The highest BCUT2D eigenvalue weighted by atomic mass is 32.2. The lowest BCUT2D eigenvalue weighted by Crippen LogP contribution is -2.01. The highest BCUT2D eigenvalue weighted by Crippen LogP contribution is 2.20. The molecule has 0 atom stereocenters. The van der Waals surface area contributed by atoms with Gasteiger partial charge in [-0.3, -0.25) is 4.79 Å². The zero-order valence-electron chi connectivity index (χ0n) is 12.5. The van der Waals surface area contributed by atoms with E-state index in [4.69, 9.17) is 4.74 Å². The van der Waals surface area contributed by atoms with Crippen LogP contribution in [0.5, 0.6) is 5.75 Å². The number of carbonyl (C=O) groups is 1. The van der Waals surface area contributed by atoms with Crippen LogP contribution in [-0.4, -0.2) is 18.1 Å². The lowest BCUT2D eigenvalue weighted by Gasteiger charge is -2.07. The quantitative estimate of drug-likeness (QED) is 0.390. The molecule has 2 nitrogen and oxygen atoms in total. The number of hydrogen-bond donors (Lipinski definition) is 0. The van der Waals surface area contributed by atoms with Crippen LogP contribution in [0.25, 0.3) is 0 Å². The monoisotopic (exact) mass is 318 g/mol. The van der Waals surface area contributed by atoms with Crippen LogP contribution in [-0.2, 0) is 0 Å². The van der Waals surface area contributed by atoms with E-state index in [-0.39, 0.29) is 17.3 Å². The summed E-state index contributed by atoms with van der Waals surface area (Å²) in [5, 5.41) is 0. The molecule has 0 N–H and O–H groups in total. The molecule has 0 aromatic heterocycles. The molecular formula is C18H19FO2S. The van der Waals surface area contributed by atoms with Crippen LogP contribution in [0.1, 0.15) is 30.1 Å². The Balaban J connectivity index is 1.78.